The van der Waals surface area contributed by atoms with Gasteiger partial charge >= 0.3 is 13.6 Å². The Morgan fingerprint density at radius 1 is 1.35 bits per heavy atom. The molecule has 0 amide bonds. The number of aromatic hydroxyl groups is 1. The van der Waals surface area contributed by atoms with Crippen LogP contribution in [0.4, 0.5) is 0 Å². The summed E-state index contributed by atoms with van der Waals surface area (Å²) in [5, 5.41) is 10.5. The summed E-state index contributed by atoms with van der Waals surface area (Å²) >= 11 is 0. The number of hydrogen-bond donors (Lipinski definition) is 3. The monoisotopic (exact) mass is 384 g/mol. The molecule has 0 spiro atoms. The van der Waals surface area contributed by atoms with Crippen molar-refractivity contribution in [3.05, 3.63) is 33.9 Å². The second kappa shape index (κ2) is 8.25. The van der Waals surface area contributed by atoms with Crippen LogP contribution in [0.25, 0.3) is 0 Å². The molecule has 0 aromatic heterocycles. The molecule has 3 N–H and O–H groups in total. The fraction of sp³-hybridized carbons (Fsp3) is 0.500. The Balaban J connectivity index is 2.14. The molecule has 0 fully saturated rings. The van der Waals surface area contributed by atoms with E-state index < -0.39 is 13.6 Å². The molecular formula is C18H25O7P. The van der Waals surface area contributed by atoms with Gasteiger partial charge in [0.05, 0.1) is 7.11 Å². The van der Waals surface area contributed by atoms with Crippen LogP contribution in [-0.2, 0) is 22.3 Å². The second-order valence-electron chi connectivity index (χ2n) is 6.52. The zero-order valence-electron chi connectivity index (χ0n) is 15.2. The van der Waals surface area contributed by atoms with Crippen molar-refractivity contribution in [2.24, 2.45) is 0 Å². The summed E-state index contributed by atoms with van der Waals surface area (Å²) in [7, 11) is -2.42. The molecule has 0 saturated heterocycles. The quantitative estimate of drug-likeness (QED) is 0.273. The number of benzene rings is 1. The number of allylic oxidation sites excluding steroid dienone is 2. The zero-order chi connectivity index (χ0) is 19.5. The molecule has 2 rings (SSSR count). The lowest BCUT2D eigenvalue weighted by Gasteiger charge is -2.15. The van der Waals surface area contributed by atoms with Crippen LogP contribution >= 0.6 is 7.60 Å². The first kappa shape index (κ1) is 20.5. The summed E-state index contributed by atoms with van der Waals surface area (Å²) in [6, 6.07) is 0. The summed E-state index contributed by atoms with van der Waals surface area (Å²) in [5.41, 5.74) is 3.24. The summed E-state index contributed by atoms with van der Waals surface area (Å²) in [6.07, 6.45) is 4.04. The number of esters is 1. The standard InChI is InChI=1S/C18H25O7P/c1-11(6-4-5-9-26(21,22)23)7-8-13-16(19)15-14(10-25-18(15)20)12(2)17(13)24-3/h7,19H,4-6,8-10H2,1-3H3,(H2,21,22,23)/b11-7+. The molecule has 8 heteroatoms. The van der Waals surface area contributed by atoms with E-state index in [4.69, 9.17) is 19.3 Å². The van der Waals surface area contributed by atoms with Gasteiger partial charge in [0.25, 0.3) is 0 Å². The lowest BCUT2D eigenvalue weighted by atomic mass is 9.94. The third kappa shape index (κ3) is 4.67. The maximum Gasteiger partial charge on any atom is 0.342 e. The summed E-state index contributed by atoms with van der Waals surface area (Å²) in [6.45, 7) is 3.90. The minimum atomic E-state index is -3.94. The van der Waals surface area contributed by atoms with Crippen molar-refractivity contribution in [2.75, 3.05) is 13.3 Å². The topological polar surface area (TPSA) is 113 Å². The predicted molar refractivity (Wildman–Crippen MR) is 96.7 cm³/mol. The summed E-state index contributed by atoms with van der Waals surface area (Å²) < 4.78 is 21.3. The first-order chi connectivity index (χ1) is 12.2. The Labute approximate surface area is 152 Å². The molecule has 0 aliphatic carbocycles. The van der Waals surface area contributed by atoms with Gasteiger partial charge in [0, 0.05) is 17.3 Å². The zero-order valence-corrected chi connectivity index (χ0v) is 16.1. The Hall–Kier alpha value is -1.82. The van der Waals surface area contributed by atoms with E-state index in [0.29, 0.717) is 42.6 Å². The summed E-state index contributed by atoms with van der Waals surface area (Å²) in [5.74, 6) is -0.0803. The van der Waals surface area contributed by atoms with Crippen LogP contribution in [0, 0.1) is 6.92 Å². The van der Waals surface area contributed by atoms with E-state index >= 15 is 0 Å². The largest absolute Gasteiger partial charge is 0.507 e. The molecule has 0 radical (unpaired) electrons. The fourth-order valence-corrected chi connectivity index (χ4v) is 3.76. The number of phenols is 1. The average Bonchev–Trinajstić information content (AvgIpc) is 2.95. The molecule has 1 aromatic rings. The van der Waals surface area contributed by atoms with Crippen LogP contribution in [0.1, 0.15) is 53.2 Å². The van der Waals surface area contributed by atoms with E-state index in [1.807, 2.05) is 19.9 Å². The van der Waals surface area contributed by atoms with Gasteiger partial charge in [-0.05, 0) is 45.1 Å². The number of fused-ring (bicyclic) bond motifs is 1. The number of cyclic esters (lactones) is 1. The SMILES string of the molecule is COc1c(C)c2c(c(O)c1C/C=C(\C)CCCCP(=O)(O)O)C(=O)OC2. The van der Waals surface area contributed by atoms with Crippen molar-refractivity contribution in [3.8, 4) is 11.5 Å². The average molecular weight is 384 g/mol. The number of unbranched alkanes of at least 4 members (excludes halogenated alkanes) is 1. The highest BCUT2D eigenvalue weighted by Gasteiger charge is 2.31. The van der Waals surface area contributed by atoms with E-state index in [1.165, 1.54) is 7.11 Å². The molecule has 1 aromatic carbocycles. The fourth-order valence-electron chi connectivity index (χ4n) is 3.13. The molecule has 1 aliphatic heterocycles. The summed E-state index contributed by atoms with van der Waals surface area (Å²) in [4.78, 5) is 29.6. The van der Waals surface area contributed by atoms with Crippen LogP contribution in [0.15, 0.2) is 11.6 Å². The number of carbonyl (C=O) groups is 1. The van der Waals surface area contributed by atoms with Gasteiger partial charge in [-0.2, -0.15) is 0 Å². The van der Waals surface area contributed by atoms with Gasteiger partial charge in [0.1, 0.15) is 23.7 Å². The van der Waals surface area contributed by atoms with Gasteiger partial charge in [0.15, 0.2) is 0 Å². The van der Waals surface area contributed by atoms with Gasteiger partial charge < -0.3 is 24.4 Å². The number of ether oxygens (including phenoxy) is 2. The smallest absolute Gasteiger partial charge is 0.342 e. The van der Waals surface area contributed by atoms with Crippen molar-refractivity contribution in [3.63, 3.8) is 0 Å². The molecular weight excluding hydrogens is 359 g/mol. The van der Waals surface area contributed by atoms with E-state index in [0.717, 1.165) is 11.1 Å². The number of phenolic OH excluding ortho intramolecular Hbond substituents is 1. The van der Waals surface area contributed by atoms with Gasteiger partial charge in [0.2, 0.25) is 0 Å². The van der Waals surface area contributed by atoms with Crippen LogP contribution in [0.3, 0.4) is 0 Å². The van der Waals surface area contributed by atoms with Gasteiger partial charge in [-0.1, -0.05) is 11.6 Å². The third-order valence-corrected chi connectivity index (χ3v) is 5.47. The number of hydrogen-bond acceptors (Lipinski definition) is 5. The predicted octanol–water partition coefficient (Wildman–Crippen LogP) is 3.22. The highest BCUT2D eigenvalue weighted by molar-refractivity contribution is 7.51. The van der Waals surface area contributed by atoms with Crippen molar-refractivity contribution >= 4 is 13.6 Å². The Morgan fingerprint density at radius 3 is 2.65 bits per heavy atom. The number of carbonyl (C=O) groups excluding carboxylic acids is 1. The maximum atomic E-state index is 11.9. The third-order valence-electron chi connectivity index (χ3n) is 4.57. The van der Waals surface area contributed by atoms with E-state index in [9.17, 15) is 14.5 Å². The molecule has 0 atom stereocenters. The Kier molecular flexibility index (Phi) is 6.50. The van der Waals surface area contributed by atoms with E-state index in [-0.39, 0.29) is 24.1 Å². The second-order valence-corrected chi connectivity index (χ2v) is 8.29. The van der Waals surface area contributed by atoms with Gasteiger partial charge in [-0.15, -0.1) is 0 Å². The van der Waals surface area contributed by atoms with E-state index in [2.05, 4.69) is 0 Å². The highest BCUT2D eigenvalue weighted by atomic mass is 31.2. The van der Waals surface area contributed by atoms with Crippen LogP contribution in [0.5, 0.6) is 11.5 Å². The Bertz CT molecular complexity index is 776. The molecule has 7 nitrogen and oxygen atoms in total. The first-order valence-electron chi connectivity index (χ1n) is 8.44. The first-order valence-corrected chi connectivity index (χ1v) is 10.2. The van der Waals surface area contributed by atoms with Gasteiger partial charge in [-0.3, -0.25) is 4.57 Å². The molecule has 26 heavy (non-hydrogen) atoms. The van der Waals surface area contributed by atoms with Crippen molar-refractivity contribution in [1.82, 2.24) is 0 Å². The van der Waals surface area contributed by atoms with E-state index in [1.54, 1.807) is 0 Å². The molecule has 0 bridgehead atoms. The number of rotatable bonds is 8. The van der Waals surface area contributed by atoms with Crippen LogP contribution in [0.2, 0.25) is 0 Å². The lowest BCUT2D eigenvalue weighted by molar-refractivity contribution is 0.0533. The minimum absolute atomic E-state index is 0.101. The van der Waals surface area contributed by atoms with Crippen LogP contribution < -0.4 is 4.74 Å². The molecule has 144 valence electrons. The normalized spacial score (nSPS) is 14.3. The number of methoxy groups -OCH3 is 1. The maximum absolute atomic E-state index is 11.9. The molecule has 0 saturated carbocycles. The molecule has 1 aliphatic rings. The van der Waals surface area contributed by atoms with Crippen molar-refractivity contribution < 1.29 is 33.7 Å². The van der Waals surface area contributed by atoms with Crippen molar-refractivity contribution in [1.29, 1.82) is 0 Å². The van der Waals surface area contributed by atoms with Crippen molar-refractivity contribution in [2.45, 2.75) is 46.1 Å². The molecule has 0 unspecified atom stereocenters. The molecule has 1 heterocycles. The Morgan fingerprint density at radius 2 is 2.04 bits per heavy atom. The van der Waals surface area contributed by atoms with Gasteiger partial charge in [-0.25, -0.2) is 4.79 Å². The lowest BCUT2D eigenvalue weighted by Crippen LogP contribution is -2.03. The van der Waals surface area contributed by atoms with Crippen LogP contribution in [-0.4, -0.2) is 34.1 Å². The highest BCUT2D eigenvalue weighted by Crippen LogP contribution is 2.42. The minimum Gasteiger partial charge on any atom is -0.507 e.